The molecule has 11 heteroatoms. The van der Waals surface area contributed by atoms with E-state index in [1.807, 2.05) is 0 Å². The van der Waals surface area contributed by atoms with Crippen molar-refractivity contribution >= 4 is 0 Å². The van der Waals surface area contributed by atoms with E-state index in [2.05, 4.69) is 4.74 Å². The van der Waals surface area contributed by atoms with Gasteiger partial charge in [0, 0.05) is 7.11 Å². The van der Waals surface area contributed by atoms with Gasteiger partial charge in [0.1, 0.15) is 0 Å². The van der Waals surface area contributed by atoms with E-state index in [1.165, 1.54) is 0 Å². The quantitative estimate of drug-likeness (QED) is 0.721. The third-order valence-corrected chi connectivity index (χ3v) is 1.65. The Morgan fingerprint density at radius 1 is 0.647 bits per heavy atom. The molecule has 104 valence electrons. The minimum Gasteiger partial charge on any atom is -0.368 e. The standard InChI is InChI=1S/C6H4F10O/c1-17-2(3(7,8)5(11,12)13)4(9,10)6(14,15)16/h2H,1H3. The highest BCUT2D eigenvalue weighted by Gasteiger charge is 2.76. The van der Waals surface area contributed by atoms with Crippen LogP contribution < -0.4 is 0 Å². The van der Waals surface area contributed by atoms with Crippen LogP contribution in [0.15, 0.2) is 0 Å². The molecule has 0 radical (unpaired) electrons. The number of methoxy groups -OCH3 is 1. The number of halogens is 10. The van der Waals surface area contributed by atoms with Crippen molar-refractivity contribution in [3.63, 3.8) is 0 Å². The van der Waals surface area contributed by atoms with Crippen LogP contribution in [0.5, 0.6) is 0 Å². The number of hydrogen-bond acceptors (Lipinski definition) is 1. The number of rotatable bonds is 3. The van der Waals surface area contributed by atoms with E-state index in [-0.39, 0.29) is 7.11 Å². The van der Waals surface area contributed by atoms with Gasteiger partial charge in [0.25, 0.3) is 0 Å². The Labute approximate surface area is 87.3 Å². The molecule has 0 heterocycles. The van der Waals surface area contributed by atoms with Crippen molar-refractivity contribution in [2.24, 2.45) is 0 Å². The van der Waals surface area contributed by atoms with Crippen LogP contribution in [0.3, 0.4) is 0 Å². The maximum Gasteiger partial charge on any atom is 0.456 e. The van der Waals surface area contributed by atoms with E-state index >= 15 is 0 Å². The molecule has 0 spiro atoms. The molecule has 0 saturated carbocycles. The second-order valence-corrected chi connectivity index (χ2v) is 2.86. The Morgan fingerprint density at radius 3 is 1.00 bits per heavy atom. The molecule has 0 aliphatic carbocycles. The smallest absolute Gasteiger partial charge is 0.368 e. The molecule has 0 fully saturated rings. The van der Waals surface area contributed by atoms with Crippen molar-refractivity contribution in [2.75, 3.05) is 7.11 Å². The maximum atomic E-state index is 12.4. The van der Waals surface area contributed by atoms with Gasteiger partial charge in [0.05, 0.1) is 0 Å². The Balaban J connectivity index is 5.52. The van der Waals surface area contributed by atoms with E-state index in [0.717, 1.165) is 0 Å². The van der Waals surface area contributed by atoms with Gasteiger partial charge in [-0.1, -0.05) is 0 Å². The molecule has 0 saturated heterocycles. The van der Waals surface area contributed by atoms with Gasteiger partial charge in [-0.05, 0) is 0 Å². The van der Waals surface area contributed by atoms with E-state index in [1.54, 1.807) is 0 Å². The monoisotopic (exact) mass is 282 g/mol. The summed E-state index contributed by atoms with van der Waals surface area (Å²) in [6.45, 7) is 0. The molecule has 0 bridgehead atoms. The molecule has 0 rings (SSSR count). The van der Waals surface area contributed by atoms with Gasteiger partial charge in [-0.25, -0.2) is 0 Å². The van der Waals surface area contributed by atoms with Gasteiger partial charge in [-0.15, -0.1) is 0 Å². The van der Waals surface area contributed by atoms with E-state index < -0.39 is 30.3 Å². The van der Waals surface area contributed by atoms with Crippen molar-refractivity contribution < 1.29 is 48.6 Å². The minimum absolute atomic E-state index is 0.107. The largest absolute Gasteiger partial charge is 0.456 e. The Kier molecular flexibility index (Phi) is 3.99. The highest BCUT2D eigenvalue weighted by Crippen LogP contribution is 2.49. The van der Waals surface area contributed by atoms with Gasteiger partial charge < -0.3 is 4.74 Å². The van der Waals surface area contributed by atoms with Crippen LogP contribution in [0.25, 0.3) is 0 Å². The first-order chi connectivity index (χ1) is 7.19. The van der Waals surface area contributed by atoms with Crippen molar-refractivity contribution in [3.8, 4) is 0 Å². The SMILES string of the molecule is COC(C(F)(F)C(F)(F)F)C(F)(F)C(F)(F)F. The van der Waals surface area contributed by atoms with Gasteiger partial charge in [0.15, 0.2) is 0 Å². The lowest BCUT2D eigenvalue weighted by Crippen LogP contribution is -2.61. The molecular formula is C6H4F10O. The normalized spacial score (nSPS) is 15.5. The fraction of sp³-hybridized carbons (Fsp3) is 1.00. The highest BCUT2D eigenvalue weighted by atomic mass is 19.4. The molecule has 0 atom stereocenters. The van der Waals surface area contributed by atoms with Crippen LogP contribution in [0.1, 0.15) is 0 Å². The molecular weight excluding hydrogens is 278 g/mol. The Hall–Kier alpha value is -0.740. The molecule has 1 nitrogen and oxygen atoms in total. The van der Waals surface area contributed by atoms with Crippen molar-refractivity contribution in [2.45, 2.75) is 30.3 Å². The maximum absolute atomic E-state index is 12.4. The van der Waals surface area contributed by atoms with E-state index in [4.69, 9.17) is 0 Å². The summed E-state index contributed by atoms with van der Waals surface area (Å²) in [5.74, 6) is -12.7. The zero-order chi connectivity index (χ0) is 14.3. The van der Waals surface area contributed by atoms with E-state index in [0.29, 0.717) is 0 Å². The first kappa shape index (κ1) is 16.3. The summed E-state index contributed by atoms with van der Waals surface area (Å²) in [5.41, 5.74) is 0. The summed E-state index contributed by atoms with van der Waals surface area (Å²) in [6.07, 6.45) is -17.9. The fourth-order valence-corrected chi connectivity index (χ4v) is 0.821. The number of alkyl halides is 10. The second kappa shape index (κ2) is 4.18. The van der Waals surface area contributed by atoms with Crippen molar-refractivity contribution in [1.29, 1.82) is 0 Å². The molecule has 0 N–H and O–H groups in total. The molecule has 0 amide bonds. The van der Waals surface area contributed by atoms with Gasteiger partial charge in [0.2, 0.25) is 6.10 Å². The van der Waals surface area contributed by atoms with Gasteiger partial charge >= 0.3 is 24.2 Å². The molecule has 0 aliphatic rings. The molecule has 17 heavy (non-hydrogen) atoms. The summed E-state index contributed by atoms with van der Waals surface area (Å²) in [5, 5.41) is 0. The second-order valence-electron chi connectivity index (χ2n) is 2.86. The lowest BCUT2D eigenvalue weighted by Gasteiger charge is -2.33. The zero-order valence-corrected chi connectivity index (χ0v) is 7.77. The molecule has 0 unspecified atom stereocenters. The topological polar surface area (TPSA) is 9.23 Å². The van der Waals surface area contributed by atoms with Crippen LogP contribution >= 0.6 is 0 Å². The third-order valence-electron chi connectivity index (χ3n) is 1.65. The predicted octanol–water partition coefficient (Wildman–Crippen LogP) is 3.40. The summed E-state index contributed by atoms with van der Waals surface area (Å²) >= 11 is 0. The van der Waals surface area contributed by atoms with Crippen LogP contribution in [0.4, 0.5) is 43.9 Å². The van der Waals surface area contributed by atoms with Crippen molar-refractivity contribution in [3.05, 3.63) is 0 Å². The summed E-state index contributed by atoms with van der Waals surface area (Å²) in [6, 6.07) is 0. The molecule has 0 aliphatic heterocycles. The van der Waals surface area contributed by atoms with Crippen molar-refractivity contribution in [1.82, 2.24) is 0 Å². The third kappa shape index (κ3) is 2.75. The minimum atomic E-state index is -6.59. The molecule has 0 aromatic carbocycles. The zero-order valence-electron chi connectivity index (χ0n) is 7.77. The van der Waals surface area contributed by atoms with Gasteiger partial charge in [-0.3, -0.25) is 0 Å². The van der Waals surface area contributed by atoms with Gasteiger partial charge in [-0.2, -0.15) is 43.9 Å². The number of hydrogen-bond donors (Lipinski definition) is 0. The molecule has 0 aromatic rings. The number of ether oxygens (including phenoxy) is 1. The molecule has 0 aromatic heterocycles. The summed E-state index contributed by atoms with van der Waals surface area (Å²) < 4.78 is 123. The lowest BCUT2D eigenvalue weighted by atomic mass is 10.0. The highest BCUT2D eigenvalue weighted by molar-refractivity contribution is 4.97. The fourth-order valence-electron chi connectivity index (χ4n) is 0.821. The average molecular weight is 282 g/mol. The van der Waals surface area contributed by atoms with Crippen LogP contribution in [-0.2, 0) is 4.74 Å². The Bertz CT molecular complexity index is 237. The summed E-state index contributed by atoms with van der Waals surface area (Å²) in [4.78, 5) is 0. The average Bonchev–Trinajstić information content (AvgIpc) is 1.99. The predicted molar refractivity (Wildman–Crippen MR) is 32.8 cm³/mol. The van der Waals surface area contributed by atoms with Crippen LogP contribution in [0, 0.1) is 0 Å². The van der Waals surface area contributed by atoms with Crippen LogP contribution in [0.2, 0.25) is 0 Å². The first-order valence-electron chi connectivity index (χ1n) is 3.61. The van der Waals surface area contributed by atoms with Crippen LogP contribution in [-0.4, -0.2) is 37.4 Å². The van der Waals surface area contributed by atoms with E-state index in [9.17, 15) is 43.9 Å². The summed E-state index contributed by atoms with van der Waals surface area (Å²) in [7, 11) is -0.107. The Morgan fingerprint density at radius 2 is 0.882 bits per heavy atom. The lowest BCUT2D eigenvalue weighted by molar-refractivity contribution is -0.387. The first-order valence-corrected chi connectivity index (χ1v) is 3.61.